The lowest BCUT2D eigenvalue weighted by Crippen LogP contribution is -2.32. The molecule has 1 saturated carbocycles. The lowest BCUT2D eigenvalue weighted by atomic mass is 10.2. The maximum Gasteiger partial charge on any atom is 0.187 e. The van der Waals surface area contributed by atoms with E-state index in [1.54, 1.807) is 17.5 Å². The molecule has 0 radical (unpaired) electrons. The van der Waals surface area contributed by atoms with Crippen molar-refractivity contribution in [1.82, 2.24) is 4.98 Å². The Morgan fingerprint density at radius 2 is 2.29 bits per heavy atom. The second-order valence-electron chi connectivity index (χ2n) is 3.77. The molecule has 0 aliphatic heterocycles. The van der Waals surface area contributed by atoms with Gasteiger partial charge in [-0.25, -0.2) is 4.98 Å². The van der Waals surface area contributed by atoms with Crippen molar-refractivity contribution in [3.63, 3.8) is 0 Å². The van der Waals surface area contributed by atoms with Crippen LogP contribution in [0, 0.1) is 0 Å². The summed E-state index contributed by atoms with van der Waals surface area (Å²) in [7, 11) is 0. The zero-order valence-electron chi connectivity index (χ0n) is 8.57. The fourth-order valence-corrected chi connectivity index (χ4v) is 2.99. The van der Waals surface area contributed by atoms with Gasteiger partial charge in [-0.05, 0) is 19.8 Å². The monoisotopic (exact) mass is 211 g/mol. The molecule has 0 unspecified atom stereocenters. The SMILES string of the molecule is CCN(c1ncc(N)s1)C1CCCC1. The summed E-state index contributed by atoms with van der Waals surface area (Å²) >= 11 is 1.60. The molecule has 0 atom stereocenters. The number of anilines is 2. The number of thiazole rings is 1. The lowest BCUT2D eigenvalue weighted by molar-refractivity contribution is 0.618. The van der Waals surface area contributed by atoms with Crippen LogP contribution in [-0.4, -0.2) is 17.6 Å². The quantitative estimate of drug-likeness (QED) is 0.835. The number of hydrogen-bond acceptors (Lipinski definition) is 4. The summed E-state index contributed by atoms with van der Waals surface area (Å²) in [4.78, 5) is 6.75. The van der Waals surface area contributed by atoms with Gasteiger partial charge in [0.15, 0.2) is 5.13 Å². The highest BCUT2D eigenvalue weighted by molar-refractivity contribution is 7.19. The normalized spacial score (nSPS) is 17.5. The van der Waals surface area contributed by atoms with E-state index in [2.05, 4.69) is 16.8 Å². The van der Waals surface area contributed by atoms with Crippen molar-refractivity contribution in [3.8, 4) is 0 Å². The number of hydrogen-bond donors (Lipinski definition) is 1. The summed E-state index contributed by atoms with van der Waals surface area (Å²) in [5.41, 5.74) is 5.70. The van der Waals surface area contributed by atoms with E-state index in [0.717, 1.165) is 16.7 Å². The summed E-state index contributed by atoms with van der Waals surface area (Å²) in [5, 5.41) is 1.91. The van der Waals surface area contributed by atoms with Crippen molar-refractivity contribution in [3.05, 3.63) is 6.20 Å². The third kappa shape index (κ3) is 1.85. The molecule has 1 heterocycles. The van der Waals surface area contributed by atoms with Gasteiger partial charge < -0.3 is 10.6 Å². The zero-order chi connectivity index (χ0) is 9.97. The molecule has 3 nitrogen and oxygen atoms in total. The summed E-state index contributed by atoms with van der Waals surface area (Å²) in [6, 6.07) is 0.700. The molecule has 78 valence electrons. The predicted molar refractivity (Wildman–Crippen MR) is 61.8 cm³/mol. The van der Waals surface area contributed by atoms with E-state index in [1.165, 1.54) is 25.7 Å². The van der Waals surface area contributed by atoms with E-state index in [9.17, 15) is 0 Å². The van der Waals surface area contributed by atoms with Crippen LogP contribution in [-0.2, 0) is 0 Å². The van der Waals surface area contributed by atoms with Gasteiger partial charge in [-0.2, -0.15) is 0 Å². The molecule has 0 aromatic carbocycles. The summed E-state index contributed by atoms with van der Waals surface area (Å²) in [6.07, 6.45) is 7.11. The Balaban J connectivity index is 2.12. The summed E-state index contributed by atoms with van der Waals surface area (Å²) in [5.74, 6) is 0. The van der Waals surface area contributed by atoms with Crippen LogP contribution in [0.1, 0.15) is 32.6 Å². The Bertz CT molecular complexity index is 291. The summed E-state index contributed by atoms with van der Waals surface area (Å²) in [6.45, 7) is 3.23. The number of nitrogens with two attached hydrogens (primary N) is 1. The van der Waals surface area contributed by atoms with Gasteiger partial charge in [0.05, 0.1) is 6.20 Å². The fraction of sp³-hybridized carbons (Fsp3) is 0.700. The zero-order valence-corrected chi connectivity index (χ0v) is 9.39. The Morgan fingerprint density at radius 1 is 1.57 bits per heavy atom. The van der Waals surface area contributed by atoms with Crippen LogP contribution in [0.3, 0.4) is 0 Å². The van der Waals surface area contributed by atoms with E-state index >= 15 is 0 Å². The highest BCUT2D eigenvalue weighted by Crippen LogP contribution is 2.31. The van der Waals surface area contributed by atoms with Crippen LogP contribution in [0.5, 0.6) is 0 Å². The van der Waals surface area contributed by atoms with Crippen molar-refractivity contribution in [1.29, 1.82) is 0 Å². The first kappa shape index (κ1) is 9.77. The third-order valence-electron chi connectivity index (χ3n) is 2.86. The van der Waals surface area contributed by atoms with Crippen molar-refractivity contribution in [2.75, 3.05) is 17.2 Å². The molecule has 1 aliphatic carbocycles. The average molecular weight is 211 g/mol. The van der Waals surface area contributed by atoms with Crippen LogP contribution in [0.2, 0.25) is 0 Å². The molecule has 1 fully saturated rings. The number of nitrogens with zero attached hydrogens (tertiary/aromatic N) is 2. The second kappa shape index (κ2) is 4.17. The Morgan fingerprint density at radius 3 is 2.79 bits per heavy atom. The Kier molecular flexibility index (Phi) is 2.91. The third-order valence-corrected chi connectivity index (χ3v) is 3.73. The predicted octanol–water partition coefficient (Wildman–Crippen LogP) is 2.49. The number of nitrogen functional groups attached to an aromatic ring is 1. The molecule has 0 bridgehead atoms. The molecule has 2 rings (SSSR count). The topological polar surface area (TPSA) is 42.2 Å². The largest absolute Gasteiger partial charge is 0.389 e. The standard InChI is InChI=1S/C10H17N3S/c1-2-13(8-5-3-4-6-8)10-12-7-9(11)14-10/h7-8H,2-6,11H2,1H3. The van der Waals surface area contributed by atoms with Crippen LogP contribution in [0.15, 0.2) is 6.20 Å². The van der Waals surface area contributed by atoms with Gasteiger partial charge in [-0.3, -0.25) is 0 Å². The number of rotatable bonds is 3. The molecule has 0 saturated heterocycles. The van der Waals surface area contributed by atoms with Gasteiger partial charge in [-0.15, -0.1) is 0 Å². The molecule has 1 aliphatic rings. The van der Waals surface area contributed by atoms with Crippen molar-refractivity contribution < 1.29 is 0 Å². The lowest BCUT2D eigenvalue weighted by Gasteiger charge is -2.26. The molecule has 0 amide bonds. The molecular weight excluding hydrogens is 194 g/mol. The van der Waals surface area contributed by atoms with Crippen molar-refractivity contribution in [2.24, 2.45) is 0 Å². The highest BCUT2D eigenvalue weighted by atomic mass is 32.1. The van der Waals surface area contributed by atoms with Crippen LogP contribution < -0.4 is 10.6 Å². The van der Waals surface area contributed by atoms with E-state index in [1.807, 2.05) is 0 Å². The molecular formula is C10H17N3S. The fourth-order valence-electron chi connectivity index (χ4n) is 2.18. The second-order valence-corrected chi connectivity index (χ2v) is 4.81. The van der Waals surface area contributed by atoms with Gasteiger partial charge in [0, 0.05) is 12.6 Å². The van der Waals surface area contributed by atoms with Gasteiger partial charge in [0.25, 0.3) is 0 Å². The minimum absolute atomic E-state index is 0.700. The molecule has 4 heteroatoms. The molecule has 0 spiro atoms. The van der Waals surface area contributed by atoms with Crippen LogP contribution in [0.25, 0.3) is 0 Å². The van der Waals surface area contributed by atoms with E-state index in [0.29, 0.717) is 6.04 Å². The van der Waals surface area contributed by atoms with E-state index < -0.39 is 0 Å². The van der Waals surface area contributed by atoms with Crippen LogP contribution in [0.4, 0.5) is 10.1 Å². The van der Waals surface area contributed by atoms with Gasteiger partial charge in [0.1, 0.15) is 5.00 Å². The Hall–Kier alpha value is -0.770. The first-order valence-electron chi connectivity index (χ1n) is 5.29. The molecule has 1 aromatic rings. The number of aromatic nitrogens is 1. The molecule has 1 aromatic heterocycles. The minimum Gasteiger partial charge on any atom is -0.389 e. The first-order valence-corrected chi connectivity index (χ1v) is 6.11. The molecule has 14 heavy (non-hydrogen) atoms. The van der Waals surface area contributed by atoms with E-state index in [4.69, 9.17) is 5.73 Å². The van der Waals surface area contributed by atoms with Crippen molar-refractivity contribution in [2.45, 2.75) is 38.6 Å². The van der Waals surface area contributed by atoms with Gasteiger partial charge in [0.2, 0.25) is 0 Å². The highest BCUT2D eigenvalue weighted by Gasteiger charge is 2.23. The van der Waals surface area contributed by atoms with Gasteiger partial charge >= 0.3 is 0 Å². The minimum atomic E-state index is 0.700. The van der Waals surface area contributed by atoms with Crippen molar-refractivity contribution >= 4 is 21.5 Å². The summed E-state index contributed by atoms with van der Waals surface area (Å²) < 4.78 is 0. The maximum atomic E-state index is 5.70. The van der Waals surface area contributed by atoms with Crippen LogP contribution >= 0.6 is 11.3 Å². The first-order chi connectivity index (χ1) is 6.81. The van der Waals surface area contributed by atoms with E-state index in [-0.39, 0.29) is 0 Å². The Labute approximate surface area is 88.9 Å². The van der Waals surface area contributed by atoms with Gasteiger partial charge in [-0.1, -0.05) is 24.2 Å². The molecule has 2 N–H and O–H groups in total. The maximum absolute atomic E-state index is 5.70. The smallest absolute Gasteiger partial charge is 0.187 e. The average Bonchev–Trinajstić information content (AvgIpc) is 2.79.